The quantitative estimate of drug-likeness (QED) is 0.366. The zero-order valence-corrected chi connectivity index (χ0v) is 20.3. The van der Waals surface area contributed by atoms with Crippen molar-refractivity contribution < 1.29 is 13.6 Å². The fraction of sp³-hybridized carbons (Fsp3) is 0.259. The molecule has 0 aliphatic carbocycles. The molecule has 0 spiro atoms. The molecule has 1 amide bonds. The van der Waals surface area contributed by atoms with Crippen molar-refractivity contribution >= 4 is 40.3 Å². The molecule has 1 aromatic heterocycles. The van der Waals surface area contributed by atoms with Gasteiger partial charge < -0.3 is 19.5 Å². The first-order chi connectivity index (χ1) is 16.9. The summed E-state index contributed by atoms with van der Waals surface area (Å²) in [5.74, 6) is -0.632. The highest BCUT2D eigenvalue weighted by molar-refractivity contribution is 6.33. The zero-order chi connectivity index (χ0) is 24.5. The van der Waals surface area contributed by atoms with Crippen molar-refractivity contribution in [2.75, 3.05) is 37.4 Å². The number of hydrogen-bond acceptors (Lipinski definition) is 5. The fourth-order valence-corrected chi connectivity index (χ4v) is 4.69. The molecular weight excluding hydrogens is 467 g/mol. The van der Waals surface area contributed by atoms with E-state index in [1.807, 2.05) is 19.2 Å². The predicted molar refractivity (Wildman–Crippen MR) is 138 cm³/mol. The standard InChI is InChI=1S/C27H26ClFN4O2/c1-32-13-11-21(12-14-32)33(2)27-31-24-16-20(8-10-25(24)35-27)30-26(34)18-5-3-17(4-6-18)22-9-7-19(29)15-23(22)28/h3-10,15-16,21H,11-14H2,1-2H3,(H,30,34). The average molecular weight is 493 g/mol. The first-order valence-corrected chi connectivity index (χ1v) is 11.9. The van der Waals surface area contributed by atoms with Crippen LogP contribution in [0.3, 0.4) is 0 Å². The van der Waals surface area contributed by atoms with Gasteiger partial charge in [-0.1, -0.05) is 23.7 Å². The van der Waals surface area contributed by atoms with Crippen LogP contribution < -0.4 is 10.2 Å². The van der Waals surface area contributed by atoms with E-state index in [9.17, 15) is 9.18 Å². The van der Waals surface area contributed by atoms with Crippen LogP contribution in [-0.2, 0) is 0 Å². The van der Waals surface area contributed by atoms with Gasteiger partial charge in [-0.25, -0.2) is 4.39 Å². The van der Waals surface area contributed by atoms with Crippen molar-refractivity contribution in [3.05, 3.63) is 77.1 Å². The Morgan fingerprint density at radius 2 is 1.86 bits per heavy atom. The predicted octanol–water partition coefficient (Wildman–Crippen LogP) is 6.07. The molecule has 35 heavy (non-hydrogen) atoms. The van der Waals surface area contributed by atoms with Crippen LogP contribution in [0, 0.1) is 5.82 Å². The van der Waals surface area contributed by atoms with Crippen molar-refractivity contribution in [3.63, 3.8) is 0 Å². The summed E-state index contributed by atoms with van der Waals surface area (Å²) in [5, 5.41) is 3.24. The van der Waals surface area contributed by atoms with Crippen LogP contribution in [0.2, 0.25) is 5.02 Å². The lowest BCUT2D eigenvalue weighted by molar-refractivity contribution is 0.102. The highest BCUT2D eigenvalue weighted by atomic mass is 35.5. The number of rotatable bonds is 5. The number of benzene rings is 3. The van der Waals surface area contributed by atoms with E-state index in [-0.39, 0.29) is 11.7 Å². The van der Waals surface area contributed by atoms with Crippen LogP contribution in [-0.4, -0.2) is 49.0 Å². The van der Waals surface area contributed by atoms with E-state index in [2.05, 4.69) is 27.1 Å². The number of hydrogen-bond donors (Lipinski definition) is 1. The number of halogens is 2. The molecule has 180 valence electrons. The van der Waals surface area contributed by atoms with Gasteiger partial charge in [0.15, 0.2) is 5.58 Å². The number of fused-ring (bicyclic) bond motifs is 1. The van der Waals surface area contributed by atoms with Crippen LogP contribution in [0.5, 0.6) is 0 Å². The van der Waals surface area contributed by atoms with E-state index < -0.39 is 0 Å². The van der Waals surface area contributed by atoms with Crippen molar-refractivity contribution in [2.45, 2.75) is 18.9 Å². The van der Waals surface area contributed by atoms with Gasteiger partial charge >= 0.3 is 0 Å². The minimum absolute atomic E-state index is 0.242. The van der Waals surface area contributed by atoms with E-state index in [1.165, 1.54) is 12.1 Å². The maximum atomic E-state index is 13.3. The molecule has 5 rings (SSSR count). The number of likely N-dealkylation sites (tertiary alicyclic amines) is 1. The van der Waals surface area contributed by atoms with Crippen molar-refractivity contribution in [2.24, 2.45) is 0 Å². The van der Waals surface area contributed by atoms with Gasteiger partial charge in [0.1, 0.15) is 11.3 Å². The highest BCUT2D eigenvalue weighted by Gasteiger charge is 2.24. The second-order valence-electron chi connectivity index (χ2n) is 8.98. The van der Waals surface area contributed by atoms with Gasteiger partial charge in [-0.05, 0) is 87.1 Å². The number of nitrogens with zero attached hydrogens (tertiary/aromatic N) is 3. The highest BCUT2D eigenvalue weighted by Crippen LogP contribution is 2.30. The molecule has 1 N–H and O–H groups in total. The van der Waals surface area contributed by atoms with Crippen LogP contribution in [0.4, 0.5) is 16.1 Å². The molecule has 4 aromatic rings. The Bertz CT molecular complexity index is 1360. The number of piperidine rings is 1. The van der Waals surface area contributed by atoms with E-state index >= 15 is 0 Å². The summed E-state index contributed by atoms with van der Waals surface area (Å²) in [6, 6.07) is 17.7. The number of nitrogens with one attached hydrogen (secondary N) is 1. The zero-order valence-electron chi connectivity index (χ0n) is 19.6. The third-order valence-electron chi connectivity index (χ3n) is 6.56. The van der Waals surface area contributed by atoms with Crippen LogP contribution in [0.1, 0.15) is 23.2 Å². The van der Waals surface area contributed by atoms with Gasteiger partial charge in [-0.3, -0.25) is 4.79 Å². The summed E-state index contributed by atoms with van der Waals surface area (Å²) in [6.07, 6.45) is 2.14. The minimum Gasteiger partial charge on any atom is -0.423 e. The topological polar surface area (TPSA) is 61.6 Å². The Kier molecular flexibility index (Phi) is 6.45. The number of carbonyl (C=O) groups is 1. The minimum atomic E-state index is -0.389. The molecule has 0 bridgehead atoms. The van der Waals surface area contributed by atoms with Gasteiger partial charge in [-0.2, -0.15) is 4.98 Å². The van der Waals surface area contributed by atoms with Gasteiger partial charge in [0, 0.05) is 29.9 Å². The number of oxazole rings is 1. The molecule has 1 aliphatic rings. The molecule has 3 aromatic carbocycles. The monoisotopic (exact) mass is 492 g/mol. The molecule has 1 fully saturated rings. The molecule has 0 saturated carbocycles. The Labute approximate surface area is 208 Å². The fourth-order valence-electron chi connectivity index (χ4n) is 4.41. The molecular formula is C27H26ClFN4O2. The summed E-state index contributed by atoms with van der Waals surface area (Å²) in [5.41, 5.74) is 4.01. The van der Waals surface area contributed by atoms with E-state index in [1.54, 1.807) is 36.4 Å². The maximum Gasteiger partial charge on any atom is 0.298 e. The first-order valence-electron chi connectivity index (χ1n) is 11.6. The second kappa shape index (κ2) is 9.68. The molecule has 0 atom stereocenters. The first kappa shape index (κ1) is 23.3. The lowest BCUT2D eigenvalue weighted by Crippen LogP contribution is -2.42. The Morgan fingerprint density at radius 1 is 1.11 bits per heavy atom. The molecule has 0 unspecified atom stereocenters. The second-order valence-corrected chi connectivity index (χ2v) is 9.39. The molecule has 0 radical (unpaired) electrons. The summed E-state index contributed by atoms with van der Waals surface area (Å²) in [4.78, 5) is 21.9. The number of anilines is 2. The van der Waals surface area contributed by atoms with Crippen LogP contribution in [0.15, 0.2) is 65.1 Å². The normalized spacial score (nSPS) is 14.9. The molecule has 8 heteroatoms. The lowest BCUT2D eigenvalue weighted by atomic mass is 10.0. The summed E-state index contributed by atoms with van der Waals surface area (Å²) >= 11 is 6.15. The van der Waals surface area contributed by atoms with E-state index in [0.717, 1.165) is 31.5 Å². The smallest absolute Gasteiger partial charge is 0.298 e. The number of amides is 1. The molecule has 6 nitrogen and oxygen atoms in total. The number of aromatic nitrogens is 1. The van der Waals surface area contributed by atoms with Gasteiger partial charge in [0.2, 0.25) is 0 Å². The number of carbonyl (C=O) groups excluding carboxylic acids is 1. The lowest BCUT2D eigenvalue weighted by Gasteiger charge is -2.34. The maximum absolute atomic E-state index is 13.3. The van der Waals surface area contributed by atoms with Gasteiger partial charge in [-0.15, -0.1) is 0 Å². The SMILES string of the molecule is CN1CCC(N(C)c2nc3cc(NC(=O)c4ccc(-c5ccc(F)cc5Cl)cc4)ccc3o2)CC1. The van der Waals surface area contributed by atoms with E-state index in [0.29, 0.717) is 45.0 Å². The van der Waals surface area contributed by atoms with Gasteiger partial charge in [0.05, 0.1) is 5.02 Å². The molecule has 1 aliphatic heterocycles. The Morgan fingerprint density at radius 3 is 2.57 bits per heavy atom. The third-order valence-corrected chi connectivity index (χ3v) is 6.87. The molecule has 2 heterocycles. The summed E-state index contributed by atoms with van der Waals surface area (Å²) in [7, 11) is 4.16. The van der Waals surface area contributed by atoms with Gasteiger partial charge in [0.25, 0.3) is 11.9 Å². The molecule has 1 saturated heterocycles. The summed E-state index contributed by atoms with van der Waals surface area (Å²) in [6.45, 7) is 2.12. The largest absolute Gasteiger partial charge is 0.423 e. The van der Waals surface area contributed by atoms with Crippen LogP contribution >= 0.6 is 11.6 Å². The van der Waals surface area contributed by atoms with Crippen molar-refractivity contribution in [1.29, 1.82) is 0 Å². The Balaban J connectivity index is 1.29. The Hall–Kier alpha value is -3.42. The van der Waals surface area contributed by atoms with Crippen LogP contribution in [0.25, 0.3) is 22.2 Å². The summed E-state index contributed by atoms with van der Waals surface area (Å²) < 4.78 is 19.3. The van der Waals surface area contributed by atoms with E-state index in [4.69, 9.17) is 16.0 Å². The van der Waals surface area contributed by atoms with Crippen molar-refractivity contribution in [3.8, 4) is 11.1 Å². The average Bonchev–Trinajstić information content (AvgIpc) is 3.28. The third kappa shape index (κ3) is 5.01. The van der Waals surface area contributed by atoms with Crippen molar-refractivity contribution in [1.82, 2.24) is 9.88 Å².